The van der Waals surface area contributed by atoms with Crippen LogP contribution in [-0.4, -0.2) is 26.2 Å². The van der Waals surface area contributed by atoms with Crippen LogP contribution in [0.25, 0.3) is 10.9 Å². The van der Waals surface area contributed by atoms with Gasteiger partial charge in [0.05, 0.1) is 6.04 Å². The van der Waals surface area contributed by atoms with Gasteiger partial charge in [-0.15, -0.1) is 0 Å². The van der Waals surface area contributed by atoms with E-state index in [9.17, 15) is 9.59 Å². The molecule has 4 N–H and O–H groups in total. The summed E-state index contributed by atoms with van der Waals surface area (Å²) < 4.78 is 0. The molecule has 1 amide bonds. The number of nitrogens with one attached hydrogen (secondary N) is 3. The van der Waals surface area contributed by atoms with Gasteiger partial charge in [-0.25, -0.2) is 9.78 Å². The standard InChI is InChI=1S/C16H14ClN5O3/c1-8(19-15-18-5-4-13(21-15)22-16(24)25)11-7-9-6-10(17)2-3-12(9)20-14(11)23/h2-8H,1H3,(H,20,23)(H,24,25)(H2,18,19,21,22)/t8-/m0/s1. The lowest BCUT2D eigenvalue weighted by Crippen LogP contribution is -2.20. The number of nitrogens with zero attached hydrogens (tertiary/aromatic N) is 2. The molecule has 25 heavy (non-hydrogen) atoms. The van der Waals surface area contributed by atoms with E-state index in [4.69, 9.17) is 16.7 Å². The summed E-state index contributed by atoms with van der Waals surface area (Å²) in [6.45, 7) is 1.78. The van der Waals surface area contributed by atoms with Crippen molar-refractivity contribution >= 4 is 40.4 Å². The highest BCUT2D eigenvalue weighted by atomic mass is 35.5. The molecule has 0 aliphatic heterocycles. The second kappa shape index (κ2) is 6.78. The molecule has 2 aromatic heterocycles. The summed E-state index contributed by atoms with van der Waals surface area (Å²) in [7, 11) is 0. The molecule has 3 rings (SSSR count). The highest BCUT2D eigenvalue weighted by Gasteiger charge is 2.13. The third-order valence-corrected chi connectivity index (χ3v) is 3.77. The van der Waals surface area contributed by atoms with Gasteiger partial charge in [0.2, 0.25) is 5.95 Å². The van der Waals surface area contributed by atoms with Crippen LogP contribution >= 0.6 is 11.6 Å². The minimum absolute atomic E-state index is 0.136. The average Bonchev–Trinajstić information content (AvgIpc) is 2.54. The molecule has 0 aliphatic carbocycles. The highest BCUT2D eigenvalue weighted by molar-refractivity contribution is 6.31. The minimum atomic E-state index is -1.22. The molecule has 0 spiro atoms. The number of carboxylic acid groups (broad SMARTS) is 1. The number of hydrogen-bond acceptors (Lipinski definition) is 5. The number of halogens is 1. The van der Waals surface area contributed by atoms with Crippen LogP contribution in [0.5, 0.6) is 0 Å². The van der Waals surface area contributed by atoms with Crippen molar-refractivity contribution in [3.8, 4) is 0 Å². The number of anilines is 2. The fourth-order valence-electron chi connectivity index (χ4n) is 2.39. The van der Waals surface area contributed by atoms with Crippen molar-refractivity contribution in [1.82, 2.24) is 15.0 Å². The SMILES string of the molecule is C[C@H](Nc1nccc(NC(=O)O)n1)c1cc2cc(Cl)ccc2[nH]c1=O. The molecule has 0 unspecified atom stereocenters. The number of aromatic amines is 1. The number of fused-ring (bicyclic) bond motifs is 1. The van der Waals surface area contributed by atoms with Gasteiger partial charge in [0.25, 0.3) is 5.56 Å². The highest BCUT2D eigenvalue weighted by Crippen LogP contribution is 2.21. The summed E-state index contributed by atoms with van der Waals surface area (Å²) in [5.41, 5.74) is 0.929. The van der Waals surface area contributed by atoms with Crippen molar-refractivity contribution in [2.75, 3.05) is 10.6 Å². The summed E-state index contributed by atoms with van der Waals surface area (Å²) >= 11 is 6.00. The largest absolute Gasteiger partial charge is 0.465 e. The fraction of sp³-hybridized carbons (Fsp3) is 0.125. The van der Waals surface area contributed by atoms with E-state index in [1.165, 1.54) is 12.3 Å². The first kappa shape index (κ1) is 16.7. The molecule has 9 heteroatoms. The van der Waals surface area contributed by atoms with Crippen LogP contribution in [0, 0.1) is 0 Å². The molecule has 1 aromatic carbocycles. The third-order valence-electron chi connectivity index (χ3n) is 3.54. The third kappa shape index (κ3) is 3.86. The molecule has 0 radical (unpaired) electrons. The first-order valence-corrected chi connectivity index (χ1v) is 7.72. The van der Waals surface area contributed by atoms with Gasteiger partial charge in [-0.3, -0.25) is 10.1 Å². The number of H-pyrrole nitrogens is 1. The predicted octanol–water partition coefficient (Wildman–Crippen LogP) is 3.23. The molecule has 3 aromatic rings. The number of rotatable bonds is 4. The zero-order valence-electron chi connectivity index (χ0n) is 13.1. The van der Waals surface area contributed by atoms with Crippen molar-refractivity contribution in [2.45, 2.75) is 13.0 Å². The lowest BCUT2D eigenvalue weighted by Gasteiger charge is -2.14. The molecule has 0 saturated carbocycles. The van der Waals surface area contributed by atoms with Gasteiger partial charge in [0, 0.05) is 27.7 Å². The Kier molecular flexibility index (Phi) is 4.53. The van der Waals surface area contributed by atoms with Gasteiger partial charge < -0.3 is 15.4 Å². The molecule has 0 aliphatic rings. The van der Waals surface area contributed by atoms with Crippen molar-refractivity contribution in [1.29, 1.82) is 0 Å². The van der Waals surface area contributed by atoms with E-state index in [-0.39, 0.29) is 17.3 Å². The zero-order valence-corrected chi connectivity index (χ0v) is 13.8. The Morgan fingerprint density at radius 1 is 1.32 bits per heavy atom. The Balaban J connectivity index is 1.89. The normalized spacial score (nSPS) is 11.9. The molecule has 8 nitrogen and oxygen atoms in total. The molecular formula is C16H14ClN5O3. The fourth-order valence-corrected chi connectivity index (χ4v) is 2.58. The van der Waals surface area contributed by atoms with Crippen molar-refractivity contribution in [3.05, 3.63) is 57.5 Å². The van der Waals surface area contributed by atoms with E-state index in [1.807, 2.05) is 0 Å². The first-order valence-electron chi connectivity index (χ1n) is 7.34. The Labute approximate surface area is 146 Å². The summed E-state index contributed by atoms with van der Waals surface area (Å²) in [5, 5.41) is 15.2. The second-order valence-electron chi connectivity index (χ2n) is 5.35. The van der Waals surface area contributed by atoms with Crippen molar-refractivity contribution < 1.29 is 9.90 Å². The van der Waals surface area contributed by atoms with Crippen LogP contribution in [-0.2, 0) is 0 Å². The monoisotopic (exact) mass is 359 g/mol. The predicted molar refractivity (Wildman–Crippen MR) is 95.3 cm³/mol. The molecule has 0 bridgehead atoms. The summed E-state index contributed by atoms with van der Waals surface area (Å²) in [5.74, 6) is 0.334. The molecule has 0 saturated heterocycles. The van der Waals surface area contributed by atoms with Gasteiger partial charge >= 0.3 is 6.09 Å². The van der Waals surface area contributed by atoms with Gasteiger partial charge in [-0.2, -0.15) is 4.98 Å². The Morgan fingerprint density at radius 2 is 2.12 bits per heavy atom. The smallest absolute Gasteiger partial charge is 0.410 e. The van der Waals surface area contributed by atoms with Gasteiger partial charge in [0.15, 0.2) is 0 Å². The maximum Gasteiger partial charge on any atom is 0.410 e. The molecule has 1 atom stereocenters. The Hall–Kier alpha value is -3.13. The van der Waals surface area contributed by atoms with Crippen molar-refractivity contribution in [3.63, 3.8) is 0 Å². The van der Waals surface area contributed by atoms with Crippen LogP contribution < -0.4 is 16.2 Å². The van der Waals surface area contributed by atoms with Crippen LogP contribution in [0.1, 0.15) is 18.5 Å². The topological polar surface area (TPSA) is 120 Å². The van der Waals surface area contributed by atoms with Crippen molar-refractivity contribution in [2.24, 2.45) is 0 Å². The lowest BCUT2D eigenvalue weighted by atomic mass is 10.1. The van der Waals surface area contributed by atoms with Crippen LogP contribution in [0.15, 0.2) is 41.3 Å². The summed E-state index contributed by atoms with van der Waals surface area (Å²) in [6, 6.07) is 7.97. The van der Waals surface area contributed by atoms with Gasteiger partial charge in [-0.1, -0.05) is 11.6 Å². The molecule has 0 fully saturated rings. The second-order valence-corrected chi connectivity index (χ2v) is 5.78. The number of hydrogen-bond donors (Lipinski definition) is 4. The quantitative estimate of drug-likeness (QED) is 0.567. The number of benzene rings is 1. The summed E-state index contributed by atoms with van der Waals surface area (Å²) in [4.78, 5) is 33.8. The van der Waals surface area contributed by atoms with Crippen LogP contribution in [0.2, 0.25) is 5.02 Å². The Bertz CT molecular complexity index is 1000. The van der Waals surface area contributed by atoms with E-state index >= 15 is 0 Å². The van der Waals surface area contributed by atoms with Gasteiger partial charge in [-0.05, 0) is 37.3 Å². The van der Waals surface area contributed by atoms with Crippen LogP contribution in [0.3, 0.4) is 0 Å². The lowest BCUT2D eigenvalue weighted by molar-refractivity contribution is 0.209. The van der Waals surface area contributed by atoms with E-state index in [0.29, 0.717) is 16.1 Å². The number of amides is 1. The molecule has 2 heterocycles. The maximum absolute atomic E-state index is 12.3. The van der Waals surface area contributed by atoms with E-state index in [1.54, 1.807) is 31.2 Å². The number of pyridine rings is 1. The minimum Gasteiger partial charge on any atom is -0.465 e. The number of aromatic nitrogens is 3. The van der Waals surface area contributed by atoms with E-state index in [2.05, 4.69) is 25.6 Å². The zero-order chi connectivity index (χ0) is 18.0. The van der Waals surface area contributed by atoms with Gasteiger partial charge in [0.1, 0.15) is 5.82 Å². The average molecular weight is 360 g/mol. The molecule has 128 valence electrons. The summed E-state index contributed by atoms with van der Waals surface area (Å²) in [6.07, 6.45) is 0.193. The van der Waals surface area contributed by atoms with E-state index < -0.39 is 12.1 Å². The maximum atomic E-state index is 12.3. The Morgan fingerprint density at radius 3 is 2.88 bits per heavy atom. The first-order chi connectivity index (χ1) is 11.9. The molecular weight excluding hydrogens is 346 g/mol. The number of carbonyl (C=O) groups is 1. The van der Waals surface area contributed by atoms with E-state index in [0.717, 1.165) is 5.39 Å². The van der Waals surface area contributed by atoms with Crippen LogP contribution in [0.4, 0.5) is 16.6 Å².